The van der Waals surface area contributed by atoms with E-state index in [-0.39, 0.29) is 25.7 Å². The van der Waals surface area contributed by atoms with Crippen LogP contribution in [-0.4, -0.2) is 55.5 Å². The molecule has 0 radical (unpaired) electrons. The van der Waals surface area contributed by atoms with Crippen LogP contribution in [0.15, 0.2) is 18.2 Å². The third-order valence-corrected chi connectivity index (χ3v) is 3.38. The Kier molecular flexibility index (Phi) is 9.44. The number of rotatable bonds is 11. The summed E-state index contributed by atoms with van der Waals surface area (Å²) in [6, 6.07) is 3.39. The molecule has 1 aromatic rings. The van der Waals surface area contributed by atoms with Gasteiger partial charge in [-0.2, -0.15) is 0 Å². The van der Waals surface area contributed by atoms with Gasteiger partial charge in [-0.25, -0.2) is 8.78 Å². The van der Waals surface area contributed by atoms with Gasteiger partial charge in [0, 0.05) is 44.8 Å². The number of hydrogen-bond acceptors (Lipinski definition) is 5. The average Bonchev–Trinajstić information content (AvgIpc) is 2.53. The molecule has 0 saturated carbocycles. The Hall–Kier alpha value is -1.57. The Morgan fingerprint density at radius 3 is 2.75 bits per heavy atom. The molecule has 0 aliphatic carbocycles. The SMILES string of the molecule is CCCC(=O)OC[C@H](O)CN(CCOC)Cc1ccc(F)cc1F. The van der Waals surface area contributed by atoms with Crippen molar-refractivity contribution in [3.05, 3.63) is 35.4 Å². The van der Waals surface area contributed by atoms with Gasteiger partial charge in [-0.05, 0) is 12.5 Å². The smallest absolute Gasteiger partial charge is 0.305 e. The lowest BCUT2D eigenvalue weighted by atomic mass is 10.2. The molecule has 0 amide bonds. The van der Waals surface area contributed by atoms with Crippen LogP contribution in [0.4, 0.5) is 8.78 Å². The van der Waals surface area contributed by atoms with Crippen molar-refractivity contribution in [3.63, 3.8) is 0 Å². The first-order valence-electron chi connectivity index (χ1n) is 7.95. The van der Waals surface area contributed by atoms with Crippen LogP contribution in [0, 0.1) is 11.6 Å². The fourth-order valence-corrected chi connectivity index (χ4v) is 2.16. The van der Waals surface area contributed by atoms with Crippen LogP contribution in [0.3, 0.4) is 0 Å². The van der Waals surface area contributed by atoms with E-state index in [1.165, 1.54) is 12.1 Å². The molecule has 0 unspecified atom stereocenters. The molecule has 1 rings (SSSR count). The van der Waals surface area contributed by atoms with Crippen molar-refractivity contribution in [1.29, 1.82) is 0 Å². The highest BCUT2D eigenvalue weighted by Gasteiger charge is 2.16. The summed E-state index contributed by atoms with van der Waals surface area (Å²) in [5.41, 5.74) is 0.322. The third kappa shape index (κ3) is 7.81. The average molecular weight is 345 g/mol. The Morgan fingerprint density at radius 1 is 1.38 bits per heavy atom. The van der Waals surface area contributed by atoms with Crippen molar-refractivity contribution < 1.29 is 28.2 Å². The number of carbonyl (C=O) groups excluding carboxylic acids is 1. The predicted octanol–water partition coefficient (Wildman–Crippen LogP) is 2.12. The molecular weight excluding hydrogens is 320 g/mol. The Balaban J connectivity index is 2.59. The summed E-state index contributed by atoms with van der Waals surface area (Å²) in [7, 11) is 1.54. The number of carbonyl (C=O) groups is 1. The molecule has 0 saturated heterocycles. The summed E-state index contributed by atoms with van der Waals surface area (Å²) in [5.74, 6) is -1.63. The molecular formula is C17H25F2NO4. The van der Waals surface area contributed by atoms with Gasteiger partial charge in [0.1, 0.15) is 24.3 Å². The van der Waals surface area contributed by atoms with E-state index in [9.17, 15) is 18.7 Å². The van der Waals surface area contributed by atoms with Crippen molar-refractivity contribution in [3.8, 4) is 0 Å². The van der Waals surface area contributed by atoms with Crippen LogP contribution < -0.4 is 0 Å². The minimum Gasteiger partial charge on any atom is -0.463 e. The van der Waals surface area contributed by atoms with E-state index < -0.39 is 17.7 Å². The molecule has 1 atom stereocenters. The molecule has 5 nitrogen and oxygen atoms in total. The number of aliphatic hydroxyl groups excluding tert-OH is 1. The molecule has 0 spiro atoms. The number of ether oxygens (including phenoxy) is 2. The highest BCUT2D eigenvalue weighted by molar-refractivity contribution is 5.69. The van der Waals surface area contributed by atoms with E-state index in [2.05, 4.69) is 0 Å². The van der Waals surface area contributed by atoms with Crippen LogP contribution in [0.1, 0.15) is 25.3 Å². The summed E-state index contributed by atoms with van der Waals surface area (Å²) in [6.45, 7) is 2.96. The van der Waals surface area contributed by atoms with Gasteiger partial charge in [0.15, 0.2) is 0 Å². The second kappa shape index (κ2) is 11.1. The summed E-state index contributed by atoms with van der Waals surface area (Å²) in [6.07, 6.45) is 0.0887. The lowest BCUT2D eigenvalue weighted by Crippen LogP contribution is -2.37. The van der Waals surface area contributed by atoms with Crippen LogP contribution in [0.25, 0.3) is 0 Å². The van der Waals surface area contributed by atoms with Crippen molar-refractivity contribution in [2.45, 2.75) is 32.4 Å². The summed E-state index contributed by atoms with van der Waals surface area (Å²) in [4.78, 5) is 13.1. The second-order valence-electron chi connectivity index (χ2n) is 5.55. The van der Waals surface area contributed by atoms with Gasteiger partial charge in [-0.1, -0.05) is 13.0 Å². The first-order valence-corrected chi connectivity index (χ1v) is 7.95. The Labute approximate surface area is 141 Å². The molecule has 0 heterocycles. The molecule has 0 fully saturated rings. The lowest BCUT2D eigenvalue weighted by molar-refractivity contribution is -0.147. The molecule has 0 aromatic heterocycles. The number of nitrogens with zero attached hydrogens (tertiary/aromatic N) is 1. The maximum atomic E-state index is 13.8. The summed E-state index contributed by atoms with van der Waals surface area (Å²) < 4.78 is 36.7. The zero-order valence-electron chi connectivity index (χ0n) is 14.1. The van der Waals surface area contributed by atoms with E-state index in [1.807, 2.05) is 6.92 Å². The minimum atomic E-state index is -0.897. The number of hydrogen-bond donors (Lipinski definition) is 1. The quantitative estimate of drug-likeness (QED) is 0.623. The topological polar surface area (TPSA) is 59.0 Å². The monoisotopic (exact) mass is 345 g/mol. The molecule has 136 valence electrons. The van der Waals surface area contributed by atoms with E-state index >= 15 is 0 Å². The molecule has 0 aliphatic rings. The fraction of sp³-hybridized carbons (Fsp3) is 0.588. The predicted molar refractivity (Wildman–Crippen MR) is 85.4 cm³/mol. The van der Waals surface area contributed by atoms with Crippen molar-refractivity contribution in [1.82, 2.24) is 4.90 Å². The van der Waals surface area contributed by atoms with Gasteiger partial charge in [0.05, 0.1) is 6.61 Å². The lowest BCUT2D eigenvalue weighted by Gasteiger charge is -2.25. The number of aliphatic hydroxyl groups is 1. The van der Waals surface area contributed by atoms with Gasteiger partial charge >= 0.3 is 5.97 Å². The third-order valence-electron chi connectivity index (χ3n) is 3.38. The normalized spacial score (nSPS) is 12.4. The number of methoxy groups -OCH3 is 1. The van der Waals surface area contributed by atoms with Crippen molar-refractivity contribution in [2.75, 3.05) is 33.4 Å². The molecule has 7 heteroatoms. The Morgan fingerprint density at radius 2 is 2.12 bits per heavy atom. The van der Waals surface area contributed by atoms with E-state index in [4.69, 9.17) is 9.47 Å². The van der Waals surface area contributed by atoms with Crippen molar-refractivity contribution >= 4 is 5.97 Å². The standard InChI is InChI=1S/C17H25F2NO4/c1-3-4-17(22)24-12-15(21)11-20(7-8-23-2)10-13-5-6-14(18)9-16(13)19/h5-6,9,15,21H,3-4,7-8,10-12H2,1-2H3/t15-/m1/s1. The maximum Gasteiger partial charge on any atom is 0.305 e. The summed E-state index contributed by atoms with van der Waals surface area (Å²) >= 11 is 0. The van der Waals surface area contributed by atoms with Gasteiger partial charge in [-0.3, -0.25) is 9.69 Å². The molecule has 0 aliphatic heterocycles. The minimum absolute atomic E-state index is 0.117. The molecule has 1 N–H and O–H groups in total. The number of benzene rings is 1. The van der Waals surface area contributed by atoms with Crippen LogP contribution in [0.2, 0.25) is 0 Å². The van der Waals surface area contributed by atoms with E-state index in [1.54, 1.807) is 12.0 Å². The first kappa shape index (κ1) is 20.5. The highest BCUT2D eigenvalue weighted by atomic mass is 19.1. The van der Waals surface area contributed by atoms with Crippen LogP contribution in [-0.2, 0) is 20.8 Å². The molecule has 1 aromatic carbocycles. The second-order valence-corrected chi connectivity index (χ2v) is 5.55. The zero-order chi connectivity index (χ0) is 17.9. The van der Waals surface area contributed by atoms with Gasteiger partial charge < -0.3 is 14.6 Å². The molecule has 0 bridgehead atoms. The first-order chi connectivity index (χ1) is 11.5. The number of esters is 1. The number of halogens is 2. The van der Waals surface area contributed by atoms with Gasteiger partial charge in [0.25, 0.3) is 0 Å². The fourth-order valence-electron chi connectivity index (χ4n) is 2.16. The van der Waals surface area contributed by atoms with Crippen LogP contribution in [0.5, 0.6) is 0 Å². The maximum absolute atomic E-state index is 13.8. The largest absolute Gasteiger partial charge is 0.463 e. The Bertz CT molecular complexity index is 513. The van der Waals surface area contributed by atoms with Crippen molar-refractivity contribution in [2.24, 2.45) is 0 Å². The summed E-state index contributed by atoms with van der Waals surface area (Å²) in [5, 5.41) is 10.0. The van der Waals surface area contributed by atoms with E-state index in [0.29, 0.717) is 31.6 Å². The highest BCUT2D eigenvalue weighted by Crippen LogP contribution is 2.12. The molecule has 24 heavy (non-hydrogen) atoms. The van der Waals surface area contributed by atoms with Gasteiger partial charge in [-0.15, -0.1) is 0 Å². The van der Waals surface area contributed by atoms with Gasteiger partial charge in [0.2, 0.25) is 0 Å². The van der Waals surface area contributed by atoms with Crippen LogP contribution >= 0.6 is 0 Å². The zero-order valence-corrected chi connectivity index (χ0v) is 14.1. The van der Waals surface area contributed by atoms with E-state index in [0.717, 1.165) is 6.07 Å².